The van der Waals surface area contributed by atoms with Crippen molar-refractivity contribution >= 4 is 11.0 Å². The first-order valence-corrected chi connectivity index (χ1v) is 5.72. The third kappa shape index (κ3) is 1.62. The fourth-order valence-electron chi connectivity index (χ4n) is 2.05. The standard InChI is InChI=1S/C14H13N3O/c1-17-14-12(4-3-9-15-14)13(16-17)10-5-7-11(18-2)8-6-10/h3-9H,1-2H3. The van der Waals surface area contributed by atoms with E-state index in [-0.39, 0.29) is 0 Å². The number of hydrogen-bond donors (Lipinski definition) is 0. The molecule has 3 rings (SSSR count). The van der Waals surface area contributed by atoms with Crippen LogP contribution in [0.2, 0.25) is 0 Å². The van der Waals surface area contributed by atoms with Crippen LogP contribution in [0.3, 0.4) is 0 Å². The molecule has 1 aromatic carbocycles. The highest BCUT2D eigenvalue weighted by atomic mass is 16.5. The van der Waals surface area contributed by atoms with Crippen LogP contribution in [0.25, 0.3) is 22.3 Å². The Morgan fingerprint density at radius 2 is 1.89 bits per heavy atom. The van der Waals surface area contributed by atoms with Crippen LogP contribution in [0.15, 0.2) is 42.6 Å². The summed E-state index contributed by atoms with van der Waals surface area (Å²) in [5, 5.41) is 5.59. The summed E-state index contributed by atoms with van der Waals surface area (Å²) in [7, 11) is 3.57. The Bertz CT molecular complexity index is 686. The highest BCUT2D eigenvalue weighted by Crippen LogP contribution is 2.27. The van der Waals surface area contributed by atoms with Crippen LogP contribution in [0.1, 0.15) is 0 Å². The molecule has 2 aromatic heterocycles. The zero-order valence-electron chi connectivity index (χ0n) is 10.3. The van der Waals surface area contributed by atoms with Crippen LogP contribution >= 0.6 is 0 Å². The Morgan fingerprint density at radius 3 is 2.61 bits per heavy atom. The number of benzene rings is 1. The number of fused-ring (bicyclic) bond motifs is 1. The Kier molecular flexibility index (Phi) is 2.48. The van der Waals surface area contributed by atoms with Gasteiger partial charge in [0.25, 0.3) is 0 Å². The number of nitrogens with zero attached hydrogens (tertiary/aromatic N) is 3. The van der Waals surface area contributed by atoms with E-state index in [1.54, 1.807) is 18.0 Å². The molecule has 0 N–H and O–H groups in total. The molecular weight excluding hydrogens is 226 g/mol. The predicted octanol–water partition coefficient (Wildman–Crippen LogP) is 2.64. The molecule has 2 heterocycles. The number of methoxy groups -OCH3 is 1. The number of aryl methyl sites for hydroxylation is 1. The number of hydrogen-bond acceptors (Lipinski definition) is 3. The maximum Gasteiger partial charge on any atom is 0.158 e. The smallest absolute Gasteiger partial charge is 0.158 e. The van der Waals surface area contributed by atoms with E-state index in [4.69, 9.17) is 4.74 Å². The summed E-state index contributed by atoms with van der Waals surface area (Å²) in [4.78, 5) is 4.34. The second kappa shape index (κ2) is 4.14. The van der Waals surface area contributed by atoms with Crippen molar-refractivity contribution in [2.45, 2.75) is 0 Å². The SMILES string of the molecule is COc1ccc(-c2nn(C)c3ncccc23)cc1. The maximum absolute atomic E-state index is 5.16. The van der Waals surface area contributed by atoms with Crippen LogP contribution in [0.5, 0.6) is 5.75 Å². The van der Waals surface area contributed by atoms with Gasteiger partial charge in [0.15, 0.2) is 5.65 Å². The van der Waals surface area contributed by atoms with Gasteiger partial charge in [-0.1, -0.05) is 0 Å². The zero-order chi connectivity index (χ0) is 12.5. The molecule has 0 saturated carbocycles. The second-order valence-corrected chi connectivity index (χ2v) is 4.08. The van der Waals surface area contributed by atoms with Crippen LogP contribution in [-0.4, -0.2) is 21.9 Å². The van der Waals surface area contributed by atoms with Crippen molar-refractivity contribution in [3.05, 3.63) is 42.6 Å². The first-order valence-electron chi connectivity index (χ1n) is 5.72. The van der Waals surface area contributed by atoms with Crippen molar-refractivity contribution in [3.63, 3.8) is 0 Å². The minimum atomic E-state index is 0.845. The van der Waals surface area contributed by atoms with Gasteiger partial charge in [0.1, 0.15) is 11.4 Å². The molecule has 0 unspecified atom stereocenters. The zero-order valence-corrected chi connectivity index (χ0v) is 10.3. The highest BCUT2D eigenvalue weighted by molar-refractivity contribution is 5.91. The van der Waals surface area contributed by atoms with Gasteiger partial charge in [-0.15, -0.1) is 0 Å². The molecular formula is C14H13N3O. The van der Waals surface area contributed by atoms with E-state index in [9.17, 15) is 0 Å². The molecule has 0 aliphatic rings. The lowest BCUT2D eigenvalue weighted by atomic mass is 10.1. The normalized spacial score (nSPS) is 10.8. The molecule has 3 aromatic rings. The fraction of sp³-hybridized carbons (Fsp3) is 0.143. The molecule has 0 spiro atoms. The average Bonchev–Trinajstić information content (AvgIpc) is 2.77. The second-order valence-electron chi connectivity index (χ2n) is 4.08. The molecule has 0 aliphatic heterocycles. The van der Waals surface area contributed by atoms with Crippen molar-refractivity contribution in [1.29, 1.82) is 0 Å². The van der Waals surface area contributed by atoms with Gasteiger partial charge in [-0.2, -0.15) is 5.10 Å². The van der Waals surface area contributed by atoms with Gasteiger partial charge in [-0.25, -0.2) is 9.67 Å². The summed E-state index contributed by atoms with van der Waals surface area (Å²) in [6.45, 7) is 0. The largest absolute Gasteiger partial charge is 0.497 e. The molecule has 0 bridgehead atoms. The highest BCUT2D eigenvalue weighted by Gasteiger charge is 2.10. The first-order chi connectivity index (χ1) is 8.79. The summed E-state index contributed by atoms with van der Waals surface area (Å²) in [5.41, 5.74) is 2.90. The van der Waals surface area contributed by atoms with E-state index in [1.807, 2.05) is 43.4 Å². The van der Waals surface area contributed by atoms with E-state index in [0.29, 0.717) is 0 Å². The number of ether oxygens (including phenoxy) is 1. The summed E-state index contributed by atoms with van der Waals surface area (Å²) in [5.74, 6) is 0.845. The van der Waals surface area contributed by atoms with Crippen LogP contribution in [0, 0.1) is 0 Å². The molecule has 0 radical (unpaired) electrons. The maximum atomic E-state index is 5.16. The van der Waals surface area contributed by atoms with Gasteiger partial charge in [0, 0.05) is 24.2 Å². The first kappa shape index (κ1) is 10.8. The van der Waals surface area contributed by atoms with Crippen molar-refractivity contribution in [3.8, 4) is 17.0 Å². The Morgan fingerprint density at radius 1 is 1.11 bits per heavy atom. The Balaban J connectivity index is 2.18. The van der Waals surface area contributed by atoms with Gasteiger partial charge < -0.3 is 4.74 Å². The minimum Gasteiger partial charge on any atom is -0.497 e. The van der Waals surface area contributed by atoms with Gasteiger partial charge in [0.2, 0.25) is 0 Å². The third-order valence-corrected chi connectivity index (χ3v) is 2.96. The van der Waals surface area contributed by atoms with Crippen molar-refractivity contribution in [2.75, 3.05) is 7.11 Å². The topological polar surface area (TPSA) is 39.9 Å². The third-order valence-electron chi connectivity index (χ3n) is 2.96. The van der Waals surface area contributed by atoms with E-state index >= 15 is 0 Å². The molecule has 0 fully saturated rings. The van der Waals surface area contributed by atoms with Gasteiger partial charge in [-0.05, 0) is 36.4 Å². The van der Waals surface area contributed by atoms with Crippen molar-refractivity contribution < 1.29 is 4.74 Å². The number of aromatic nitrogens is 3. The monoisotopic (exact) mass is 239 g/mol. The molecule has 4 heteroatoms. The Labute approximate surface area is 105 Å². The molecule has 0 saturated heterocycles. The molecule has 0 atom stereocenters. The Hall–Kier alpha value is -2.36. The average molecular weight is 239 g/mol. The summed E-state index contributed by atoms with van der Waals surface area (Å²) >= 11 is 0. The molecule has 90 valence electrons. The van der Waals surface area contributed by atoms with Crippen LogP contribution in [-0.2, 0) is 7.05 Å². The van der Waals surface area contributed by atoms with E-state index in [2.05, 4.69) is 10.1 Å². The molecule has 4 nitrogen and oxygen atoms in total. The molecule has 18 heavy (non-hydrogen) atoms. The van der Waals surface area contributed by atoms with Crippen LogP contribution < -0.4 is 4.74 Å². The van der Waals surface area contributed by atoms with Gasteiger partial charge in [-0.3, -0.25) is 0 Å². The minimum absolute atomic E-state index is 0.845. The van der Waals surface area contributed by atoms with Gasteiger partial charge in [0.05, 0.1) is 7.11 Å². The van der Waals surface area contributed by atoms with Crippen LogP contribution in [0.4, 0.5) is 0 Å². The van der Waals surface area contributed by atoms with E-state index < -0.39 is 0 Å². The summed E-state index contributed by atoms with van der Waals surface area (Å²) in [6.07, 6.45) is 1.78. The van der Waals surface area contributed by atoms with Crippen molar-refractivity contribution in [1.82, 2.24) is 14.8 Å². The van der Waals surface area contributed by atoms with E-state index in [0.717, 1.165) is 28.0 Å². The molecule has 0 aliphatic carbocycles. The lowest BCUT2D eigenvalue weighted by Gasteiger charge is -2.01. The lowest BCUT2D eigenvalue weighted by molar-refractivity contribution is 0.415. The van der Waals surface area contributed by atoms with Crippen molar-refractivity contribution in [2.24, 2.45) is 7.05 Å². The number of rotatable bonds is 2. The van der Waals surface area contributed by atoms with Gasteiger partial charge >= 0.3 is 0 Å². The summed E-state index contributed by atoms with van der Waals surface area (Å²) in [6, 6.07) is 11.9. The quantitative estimate of drug-likeness (QED) is 0.690. The molecule has 0 amide bonds. The fourth-order valence-corrected chi connectivity index (χ4v) is 2.05. The predicted molar refractivity (Wildman–Crippen MR) is 70.5 cm³/mol. The summed E-state index contributed by atoms with van der Waals surface area (Å²) < 4.78 is 6.96. The van der Waals surface area contributed by atoms with E-state index in [1.165, 1.54) is 0 Å². The number of pyridine rings is 1. The lowest BCUT2D eigenvalue weighted by Crippen LogP contribution is -1.91.